The molecule has 26 heavy (non-hydrogen) atoms. The van der Waals surface area contributed by atoms with Gasteiger partial charge in [-0.3, -0.25) is 9.79 Å². The summed E-state index contributed by atoms with van der Waals surface area (Å²) in [5.41, 5.74) is 1.97. The first kappa shape index (κ1) is 19.8. The third-order valence-corrected chi connectivity index (χ3v) is 4.86. The number of hydrogen-bond donors (Lipinski definition) is 3. The van der Waals surface area contributed by atoms with E-state index in [9.17, 15) is 4.79 Å². The second kappa shape index (κ2) is 9.86. The second-order valence-corrected chi connectivity index (χ2v) is 7.18. The minimum atomic E-state index is -0.0835. The van der Waals surface area contributed by atoms with Crippen molar-refractivity contribution in [1.82, 2.24) is 20.6 Å². The number of nitrogens with one attached hydrogen (secondary N) is 3. The molecule has 2 aromatic heterocycles. The number of pyridine rings is 1. The van der Waals surface area contributed by atoms with Crippen molar-refractivity contribution in [3.63, 3.8) is 0 Å². The number of nitrogens with zero attached hydrogens (tertiary/aromatic N) is 3. The zero-order valence-corrected chi connectivity index (χ0v) is 16.5. The number of thiazole rings is 1. The van der Waals surface area contributed by atoms with Gasteiger partial charge in [-0.05, 0) is 32.9 Å². The summed E-state index contributed by atoms with van der Waals surface area (Å²) in [6.07, 6.45) is 1.18. The summed E-state index contributed by atoms with van der Waals surface area (Å²) in [5.74, 6) is 1.17. The van der Waals surface area contributed by atoms with Crippen LogP contribution in [0.25, 0.3) is 0 Å². The molecule has 2 aromatic rings. The number of carbonyl (C=O) groups is 1. The van der Waals surface area contributed by atoms with Gasteiger partial charge in [-0.2, -0.15) is 0 Å². The molecule has 0 aromatic carbocycles. The smallest absolute Gasteiger partial charge is 0.227 e. The molecule has 0 aliphatic carbocycles. The predicted octanol–water partition coefficient (Wildman–Crippen LogP) is 2.20. The highest BCUT2D eigenvalue weighted by atomic mass is 32.1. The van der Waals surface area contributed by atoms with E-state index in [1.807, 2.05) is 26.0 Å². The number of carbonyl (C=O) groups excluding carboxylic acids is 1. The highest BCUT2D eigenvalue weighted by molar-refractivity contribution is 7.11. The van der Waals surface area contributed by atoms with Crippen LogP contribution in [0, 0.1) is 20.8 Å². The molecule has 140 valence electrons. The van der Waals surface area contributed by atoms with Crippen molar-refractivity contribution < 1.29 is 4.79 Å². The number of aryl methyl sites for hydroxylation is 3. The van der Waals surface area contributed by atoms with E-state index in [0.717, 1.165) is 29.4 Å². The van der Waals surface area contributed by atoms with E-state index in [1.54, 1.807) is 24.5 Å². The molecule has 0 fully saturated rings. The summed E-state index contributed by atoms with van der Waals surface area (Å²) in [6, 6.07) is 5.54. The van der Waals surface area contributed by atoms with Gasteiger partial charge in [0.05, 0.1) is 10.7 Å². The predicted molar refractivity (Wildman–Crippen MR) is 107 cm³/mol. The van der Waals surface area contributed by atoms with Gasteiger partial charge in [-0.25, -0.2) is 9.97 Å². The van der Waals surface area contributed by atoms with Crippen LogP contribution < -0.4 is 16.0 Å². The zero-order valence-electron chi connectivity index (χ0n) is 15.7. The lowest BCUT2D eigenvalue weighted by Crippen LogP contribution is -2.39. The van der Waals surface area contributed by atoms with Gasteiger partial charge in [0.25, 0.3) is 0 Å². The largest absolute Gasteiger partial charge is 0.356 e. The number of aromatic nitrogens is 2. The number of rotatable bonds is 7. The Kier molecular flexibility index (Phi) is 7.53. The monoisotopic (exact) mass is 374 g/mol. The standard InChI is InChI=1S/C18H26N6OS/c1-12-6-5-7-15(22-12)24-16(25)8-10-20-18(19-4)21-11-9-17-23-13(2)14(3)26-17/h5-7H,8-11H2,1-4H3,(H2,19,20,21)(H,22,24,25). The Bertz CT molecular complexity index is 751. The molecule has 0 atom stereocenters. The van der Waals surface area contributed by atoms with Crippen LogP contribution in [0.5, 0.6) is 0 Å². The maximum Gasteiger partial charge on any atom is 0.227 e. The van der Waals surface area contributed by atoms with Crippen LogP contribution in [0.2, 0.25) is 0 Å². The fourth-order valence-corrected chi connectivity index (χ4v) is 3.20. The average Bonchev–Trinajstić information content (AvgIpc) is 2.91. The first-order valence-corrected chi connectivity index (χ1v) is 9.40. The minimum absolute atomic E-state index is 0.0835. The van der Waals surface area contributed by atoms with Gasteiger partial charge in [0, 0.05) is 43.5 Å². The molecular formula is C18H26N6OS. The number of hydrogen-bond acceptors (Lipinski definition) is 5. The van der Waals surface area contributed by atoms with Crippen molar-refractivity contribution in [2.45, 2.75) is 33.6 Å². The zero-order chi connectivity index (χ0) is 18.9. The molecule has 0 aliphatic rings. The van der Waals surface area contributed by atoms with E-state index < -0.39 is 0 Å². The van der Waals surface area contributed by atoms with E-state index in [-0.39, 0.29) is 5.91 Å². The molecule has 0 aliphatic heterocycles. The average molecular weight is 375 g/mol. The molecule has 0 saturated carbocycles. The summed E-state index contributed by atoms with van der Waals surface area (Å²) in [6.45, 7) is 7.24. The fourth-order valence-electron chi connectivity index (χ4n) is 2.27. The Morgan fingerprint density at radius 2 is 1.92 bits per heavy atom. The molecule has 1 amide bonds. The van der Waals surface area contributed by atoms with E-state index in [4.69, 9.17) is 0 Å². The number of amides is 1. The summed E-state index contributed by atoms with van der Waals surface area (Å²) in [7, 11) is 1.71. The third-order valence-electron chi connectivity index (χ3n) is 3.73. The van der Waals surface area contributed by atoms with Crippen LogP contribution >= 0.6 is 11.3 Å². The molecule has 7 nitrogen and oxygen atoms in total. The summed E-state index contributed by atoms with van der Waals surface area (Å²) >= 11 is 1.73. The lowest BCUT2D eigenvalue weighted by Gasteiger charge is -2.11. The normalized spacial score (nSPS) is 11.3. The first-order chi connectivity index (χ1) is 12.5. The van der Waals surface area contributed by atoms with Crippen LogP contribution in [0.3, 0.4) is 0 Å². The van der Waals surface area contributed by atoms with E-state index in [0.29, 0.717) is 24.7 Å². The Balaban J connectivity index is 1.67. The van der Waals surface area contributed by atoms with Crippen LogP contribution in [-0.4, -0.2) is 42.0 Å². The van der Waals surface area contributed by atoms with Gasteiger partial charge in [0.2, 0.25) is 5.91 Å². The van der Waals surface area contributed by atoms with Gasteiger partial charge >= 0.3 is 0 Å². The van der Waals surface area contributed by atoms with Crippen LogP contribution in [0.15, 0.2) is 23.2 Å². The van der Waals surface area contributed by atoms with Crippen molar-refractivity contribution in [1.29, 1.82) is 0 Å². The Morgan fingerprint density at radius 3 is 2.58 bits per heavy atom. The highest BCUT2D eigenvalue weighted by Gasteiger charge is 2.06. The number of anilines is 1. The van der Waals surface area contributed by atoms with Crippen LogP contribution in [0.4, 0.5) is 5.82 Å². The molecular weight excluding hydrogens is 348 g/mol. The topological polar surface area (TPSA) is 91.3 Å². The lowest BCUT2D eigenvalue weighted by atomic mass is 10.3. The molecule has 0 radical (unpaired) electrons. The second-order valence-electron chi connectivity index (χ2n) is 5.89. The van der Waals surface area contributed by atoms with Gasteiger partial charge in [-0.15, -0.1) is 11.3 Å². The van der Waals surface area contributed by atoms with E-state index in [2.05, 4.69) is 37.8 Å². The van der Waals surface area contributed by atoms with Gasteiger partial charge < -0.3 is 16.0 Å². The lowest BCUT2D eigenvalue weighted by molar-refractivity contribution is -0.116. The highest BCUT2D eigenvalue weighted by Crippen LogP contribution is 2.16. The SMILES string of the molecule is CN=C(NCCC(=O)Nc1cccc(C)n1)NCCc1nc(C)c(C)s1. The molecule has 3 N–H and O–H groups in total. The molecule has 0 spiro atoms. The molecule has 0 unspecified atom stereocenters. The van der Waals surface area contributed by atoms with Crippen LogP contribution in [-0.2, 0) is 11.2 Å². The third kappa shape index (κ3) is 6.44. The Labute approximate surface area is 158 Å². The Morgan fingerprint density at radius 1 is 1.15 bits per heavy atom. The molecule has 8 heteroatoms. The first-order valence-electron chi connectivity index (χ1n) is 8.59. The van der Waals surface area contributed by atoms with Crippen molar-refractivity contribution >= 4 is 29.0 Å². The van der Waals surface area contributed by atoms with E-state index in [1.165, 1.54) is 4.88 Å². The summed E-state index contributed by atoms with van der Waals surface area (Å²) in [5, 5.41) is 10.3. The fraction of sp³-hybridized carbons (Fsp3) is 0.444. The Hall–Kier alpha value is -2.48. The molecule has 2 rings (SSSR count). The quantitative estimate of drug-likeness (QED) is 0.510. The molecule has 0 saturated heterocycles. The molecule has 2 heterocycles. The van der Waals surface area contributed by atoms with Crippen molar-refractivity contribution in [2.75, 3.05) is 25.5 Å². The summed E-state index contributed by atoms with van der Waals surface area (Å²) < 4.78 is 0. The minimum Gasteiger partial charge on any atom is -0.356 e. The van der Waals surface area contributed by atoms with Crippen molar-refractivity contribution in [3.05, 3.63) is 39.5 Å². The van der Waals surface area contributed by atoms with Gasteiger partial charge in [0.15, 0.2) is 5.96 Å². The van der Waals surface area contributed by atoms with Crippen LogP contribution in [0.1, 0.15) is 27.7 Å². The number of aliphatic imine (C=N–C) groups is 1. The van der Waals surface area contributed by atoms with E-state index >= 15 is 0 Å². The summed E-state index contributed by atoms with van der Waals surface area (Å²) in [4.78, 5) is 26.2. The van der Waals surface area contributed by atoms with Gasteiger partial charge in [-0.1, -0.05) is 6.07 Å². The maximum atomic E-state index is 12.0. The maximum absolute atomic E-state index is 12.0. The number of guanidine groups is 1. The van der Waals surface area contributed by atoms with Crippen molar-refractivity contribution in [3.8, 4) is 0 Å². The van der Waals surface area contributed by atoms with Gasteiger partial charge in [0.1, 0.15) is 5.82 Å². The molecule has 0 bridgehead atoms. The van der Waals surface area contributed by atoms with Crippen molar-refractivity contribution in [2.24, 2.45) is 4.99 Å².